The third kappa shape index (κ3) is 2.54. The zero-order chi connectivity index (χ0) is 15.5. The minimum atomic E-state index is -0.545. The molecule has 0 aliphatic heterocycles. The Bertz CT molecular complexity index is 827. The maximum atomic E-state index is 11.5. The molecule has 22 heavy (non-hydrogen) atoms. The Balaban J connectivity index is 2.02. The second-order valence-corrected chi connectivity index (χ2v) is 4.56. The molecule has 6 nitrogen and oxygen atoms in total. The lowest BCUT2D eigenvalue weighted by Gasteiger charge is -2.01. The van der Waals surface area contributed by atoms with Gasteiger partial charge in [0.1, 0.15) is 5.75 Å². The van der Waals surface area contributed by atoms with Gasteiger partial charge >= 0.3 is 0 Å². The summed E-state index contributed by atoms with van der Waals surface area (Å²) in [6.45, 7) is 0. The molecule has 1 amide bonds. The topological polar surface area (TPSA) is 91.2 Å². The minimum absolute atomic E-state index is 0.243. The lowest BCUT2D eigenvalue weighted by atomic mass is 10.1. The lowest BCUT2D eigenvalue weighted by Crippen LogP contribution is -2.12. The van der Waals surface area contributed by atoms with E-state index in [0.717, 1.165) is 5.56 Å². The monoisotopic (exact) mass is 295 g/mol. The molecule has 0 atom stereocenters. The number of methoxy groups -OCH3 is 1. The van der Waals surface area contributed by atoms with Gasteiger partial charge in [-0.1, -0.05) is 29.4 Å². The zero-order valence-corrected chi connectivity index (χ0v) is 11.8. The predicted octanol–water partition coefficient (Wildman–Crippen LogP) is 2.51. The third-order valence-electron chi connectivity index (χ3n) is 3.18. The van der Waals surface area contributed by atoms with Crippen LogP contribution in [0.4, 0.5) is 0 Å². The Labute approximate surface area is 126 Å². The normalized spacial score (nSPS) is 10.4. The smallest absolute Gasteiger partial charge is 0.259 e. The van der Waals surface area contributed by atoms with Gasteiger partial charge in [-0.15, -0.1) is 0 Å². The summed E-state index contributed by atoms with van der Waals surface area (Å²) in [6.07, 6.45) is 0. The van der Waals surface area contributed by atoms with E-state index in [1.165, 1.54) is 0 Å². The molecule has 0 bridgehead atoms. The number of amides is 1. The molecule has 0 saturated heterocycles. The summed E-state index contributed by atoms with van der Waals surface area (Å²) in [6, 6.07) is 14.1. The summed E-state index contributed by atoms with van der Waals surface area (Å²) in [4.78, 5) is 15.8. The van der Waals surface area contributed by atoms with Crippen molar-refractivity contribution >= 4 is 5.91 Å². The maximum Gasteiger partial charge on any atom is 0.259 e. The molecule has 110 valence electrons. The highest BCUT2D eigenvalue weighted by atomic mass is 16.5. The Morgan fingerprint density at radius 1 is 1.18 bits per heavy atom. The van der Waals surface area contributed by atoms with E-state index in [2.05, 4.69) is 10.1 Å². The van der Waals surface area contributed by atoms with Gasteiger partial charge in [-0.05, 0) is 24.3 Å². The third-order valence-corrected chi connectivity index (χ3v) is 3.18. The number of nitrogens with zero attached hydrogens (tertiary/aromatic N) is 2. The highest BCUT2D eigenvalue weighted by Gasteiger charge is 2.16. The number of primary amides is 1. The first kappa shape index (κ1) is 13.8. The van der Waals surface area contributed by atoms with Crippen LogP contribution in [-0.4, -0.2) is 23.2 Å². The van der Waals surface area contributed by atoms with Crippen LogP contribution in [0, 0.1) is 0 Å². The van der Waals surface area contributed by atoms with Crippen molar-refractivity contribution < 1.29 is 14.1 Å². The molecule has 0 aliphatic rings. The van der Waals surface area contributed by atoms with Gasteiger partial charge in [-0.25, -0.2) is 0 Å². The van der Waals surface area contributed by atoms with E-state index in [1.54, 1.807) is 37.4 Å². The number of nitrogens with two attached hydrogens (primary N) is 1. The average molecular weight is 295 g/mol. The summed E-state index contributed by atoms with van der Waals surface area (Å²) in [7, 11) is 1.59. The summed E-state index contributed by atoms with van der Waals surface area (Å²) in [5, 5.41) is 3.94. The fourth-order valence-electron chi connectivity index (χ4n) is 2.10. The molecule has 0 radical (unpaired) electrons. The van der Waals surface area contributed by atoms with Gasteiger partial charge < -0.3 is 15.0 Å². The van der Waals surface area contributed by atoms with Gasteiger partial charge in [0.2, 0.25) is 11.7 Å². The number of carbonyl (C=O) groups excluding carboxylic acids is 1. The van der Waals surface area contributed by atoms with Crippen LogP contribution in [0.25, 0.3) is 22.8 Å². The molecule has 3 rings (SSSR count). The van der Waals surface area contributed by atoms with E-state index >= 15 is 0 Å². The van der Waals surface area contributed by atoms with E-state index in [-0.39, 0.29) is 5.89 Å². The van der Waals surface area contributed by atoms with Crippen molar-refractivity contribution in [2.45, 2.75) is 0 Å². The molecule has 3 aromatic rings. The summed E-state index contributed by atoms with van der Waals surface area (Å²) >= 11 is 0. The summed E-state index contributed by atoms with van der Waals surface area (Å²) in [5.74, 6) is 0.804. The molecule has 2 aromatic carbocycles. The number of rotatable bonds is 4. The van der Waals surface area contributed by atoms with Crippen LogP contribution in [0.3, 0.4) is 0 Å². The average Bonchev–Trinajstić information content (AvgIpc) is 3.05. The van der Waals surface area contributed by atoms with Crippen molar-refractivity contribution in [1.82, 2.24) is 10.1 Å². The van der Waals surface area contributed by atoms with Gasteiger partial charge in [0.05, 0.1) is 18.2 Å². The van der Waals surface area contributed by atoms with E-state index in [1.807, 2.05) is 18.2 Å². The molecule has 0 spiro atoms. The molecule has 6 heteroatoms. The Kier molecular flexibility index (Phi) is 3.57. The zero-order valence-electron chi connectivity index (χ0n) is 11.8. The Morgan fingerprint density at radius 2 is 2.00 bits per heavy atom. The number of benzene rings is 2. The SMILES string of the molecule is COc1cccc(-c2noc(-c3ccccc3C(N)=O)n2)c1. The standard InChI is InChI=1S/C16H13N3O3/c1-21-11-6-4-5-10(9-11)15-18-16(22-19-15)13-8-3-2-7-12(13)14(17)20/h2-9H,1H3,(H2,17,20). The van der Waals surface area contributed by atoms with E-state index in [0.29, 0.717) is 22.7 Å². The van der Waals surface area contributed by atoms with Crippen LogP contribution < -0.4 is 10.5 Å². The van der Waals surface area contributed by atoms with E-state index < -0.39 is 5.91 Å². The number of hydrogen-bond donors (Lipinski definition) is 1. The molecule has 0 saturated carbocycles. The first-order valence-corrected chi connectivity index (χ1v) is 6.56. The highest BCUT2D eigenvalue weighted by molar-refractivity contribution is 5.98. The predicted molar refractivity (Wildman–Crippen MR) is 80.2 cm³/mol. The molecule has 0 aliphatic carbocycles. The largest absolute Gasteiger partial charge is 0.497 e. The second kappa shape index (κ2) is 5.69. The van der Waals surface area contributed by atoms with E-state index in [9.17, 15) is 4.79 Å². The Morgan fingerprint density at radius 3 is 2.77 bits per heavy atom. The van der Waals surface area contributed by atoms with Gasteiger partial charge in [-0.2, -0.15) is 4.98 Å². The number of hydrogen-bond acceptors (Lipinski definition) is 5. The molecule has 0 unspecified atom stereocenters. The molecule has 1 heterocycles. The molecular weight excluding hydrogens is 282 g/mol. The van der Waals surface area contributed by atoms with Crippen LogP contribution in [0.1, 0.15) is 10.4 Å². The number of aromatic nitrogens is 2. The Hall–Kier alpha value is -3.15. The molecular formula is C16H13N3O3. The van der Waals surface area contributed by atoms with Crippen LogP contribution in [0.2, 0.25) is 0 Å². The van der Waals surface area contributed by atoms with E-state index in [4.69, 9.17) is 15.0 Å². The number of carbonyl (C=O) groups is 1. The van der Waals surface area contributed by atoms with Gasteiger partial charge in [0, 0.05) is 5.56 Å². The second-order valence-electron chi connectivity index (χ2n) is 4.56. The molecule has 2 N–H and O–H groups in total. The summed E-state index contributed by atoms with van der Waals surface area (Å²) in [5.41, 5.74) is 6.97. The first-order valence-electron chi connectivity index (χ1n) is 6.56. The fraction of sp³-hybridized carbons (Fsp3) is 0.0625. The van der Waals surface area contributed by atoms with Crippen molar-refractivity contribution in [3.8, 4) is 28.6 Å². The number of ether oxygens (including phenoxy) is 1. The van der Waals surface area contributed by atoms with Crippen LogP contribution in [-0.2, 0) is 0 Å². The maximum absolute atomic E-state index is 11.5. The van der Waals surface area contributed by atoms with Crippen molar-refractivity contribution in [1.29, 1.82) is 0 Å². The van der Waals surface area contributed by atoms with Crippen molar-refractivity contribution in [3.05, 3.63) is 54.1 Å². The molecule has 1 aromatic heterocycles. The highest BCUT2D eigenvalue weighted by Crippen LogP contribution is 2.26. The van der Waals surface area contributed by atoms with Crippen LogP contribution in [0.5, 0.6) is 5.75 Å². The lowest BCUT2D eigenvalue weighted by molar-refractivity contribution is 0.100. The van der Waals surface area contributed by atoms with Gasteiger partial charge in [0.15, 0.2) is 0 Å². The summed E-state index contributed by atoms with van der Waals surface area (Å²) < 4.78 is 10.4. The first-order chi connectivity index (χ1) is 10.7. The quantitative estimate of drug-likeness (QED) is 0.798. The fourth-order valence-corrected chi connectivity index (χ4v) is 2.10. The van der Waals surface area contributed by atoms with Crippen molar-refractivity contribution in [2.75, 3.05) is 7.11 Å². The molecule has 0 fully saturated rings. The minimum Gasteiger partial charge on any atom is -0.497 e. The van der Waals surface area contributed by atoms with Crippen molar-refractivity contribution in [2.24, 2.45) is 5.73 Å². The van der Waals surface area contributed by atoms with Crippen molar-refractivity contribution in [3.63, 3.8) is 0 Å². The van der Waals surface area contributed by atoms with Gasteiger partial charge in [0.25, 0.3) is 5.89 Å². The van der Waals surface area contributed by atoms with Crippen LogP contribution in [0.15, 0.2) is 53.1 Å². The van der Waals surface area contributed by atoms with Gasteiger partial charge in [-0.3, -0.25) is 4.79 Å². The van der Waals surface area contributed by atoms with Crippen LogP contribution >= 0.6 is 0 Å².